The second kappa shape index (κ2) is 4.86. The SMILES string of the molecule is O=C(O)c1cc2ccccc2n(C(=O)C2=CC=CC2)c1=O. The molecule has 1 aromatic carbocycles. The zero-order chi connectivity index (χ0) is 15.0. The number of aromatic nitrogens is 1. The largest absolute Gasteiger partial charge is 0.477 e. The Balaban J connectivity index is 2.34. The molecule has 1 aliphatic rings. The predicted molar refractivity (Wildman–Crippen MR) is 77.6 cm³/mol. The Labute approximate surface area is 119 Å². The lowest BCUT2D eigenvalue weighted by atomic mass is 10.1. The molecule has 0 unspecified atom stereocenters. The van der Waals surface area contributed by atoms with Crippen LogP contribution in [0.1, 0.15) is 21.6 Å². The highest BCUT2D eigenvalue weighted by atomic mass is 16.4. The molecule has 1 aliphatic carbocycles. The van der Waals surface area contributed by atoms with Gasteiger partial charge in [0.05, 0.1) is 5.52 Å². The van der Waals surface area contributed by atoms with Crippen molar-refractivity contribution < 1.29 is 14.7 Å². The number of pyridine rings is 1. The van der Waals surface area contributed by atoms with Crippen LogP contribution in [0.5, 0.6) is 0 Å². The minimum absolute atomic E-state index is 0.408. The van der Waals surface area contributed by atoms with Crippen LogP contribution < -0.4 is 5.56 Å². The lowest BCUT2D eigenvalue weighted by molar-refractivity contribution is 0.0695. The standard InChI is InChI=1S/C16H11NO4/c18-14(10-5-1-2-6-10)17-13-8-4-3-7-11(13)9-12(15(17)19)16(20)21/h1-5,7-9H,6H2,(H,20,21). The van der Waals surface area contributed by atoms with Crippen LogP contribution in [0.2, 0.25) is 0 Å². The van der Waals surface area contributed by atoms with Gasteiger partial charge in [-0.05, 0) is 23.9 Å². The quantitative estimate of drug-likeness (QED) is 0.915. The second-order valence-corrected chi connectivity index (χ2v) is 4.69. The fraction of sp³-hybridized carbons (Fsp3) is 0.0625. The van der Waals surface area contributed by atoms with E-state index in [-0.39, 0.29) is 0 Å². The maximum absolute atomic E-state index is 12.5. The van der Waals surface area contributed by atoms with Crippen LogP contribution in [0.3, 0.4) is 0 Å². The molecule has 5 nitrogen and oxygen atoms in total. The van der Waals surface area contributed by atoms with Crippen molar-refractivity contribution in [2.75, 3.05) is 0 Å². The number of aromatic carboxylic acids is 1. The van der Waals surface area contributed by atoms with E-state index in [2.05, 4.69) is 0 Å². The molecule has 21 heavy (non-hydrogen) atoms. The van der Waals surface area contributed by atoms with Crippen LogP contribution in [-0.2, 0) is 0 Å². The first-order valence-electron chi connectivity index (χ1n) is 6.38. The molecule has 0 radical (unpaired) electrons. The van der Waals surface area contributed by atoms with Crippen molar-refractivity contribution in [1.82, 2.24) is 4.57 Å². The molecular weight excluding hydrogens is 270 g/mol. The maximum Gasteiger partial charge on any atom is 0.341 e. The van der Waals surface area contributed by atoms with E-state index in [0.29, 0.717) is 22.9 Å². The first-order chi connectivity index (χ1) is 10.1. The molecule has 5 heteroatoms. The Morgan fingerprint density at radius 3 is 2.62 bits per heavy atom. The Morgan fingerprint density at radius 2 is 1.95 bits per heavy atom. The van der Waals surface area contributed by atoms with E-state index in [9.17, 15) is 14.4 Å². The molecule has 0 saturated carbocycles. The Kier molecular flexibility index (Phi) is 3.02. The minimum Gasteiger partial charge on any atom is -0.477 e. The van der Waals surface area contributed by atoms with Gasteiger partial charge in [0, 0.05) is 5.57 Å². The first kappa shape index (κ1) is 13.1. The average molecular weight is 281 g/mol. The van der Waals surface area contributed by atoms with Crippen molar-refractivity contribution in [1.29, 1.82) is 0 Å². The number of carboxylic acid groups (broad SMARTS) is 1. The zero-order valence-electron chi connectivity index (χ0n) is 10.9. The number of para-hydroxylation sites is 1. The normalized spacial score (nSPS) is 13.4. The molecule has 2 aromatic rings. The van der Waals surface area contributed by atoms with Gasteiger partial charge < -0.3 is 5.11 Å². The molecule has 0 spiro atoms. The maximum atomic E-state index is 12.5. The predicted octanol–water partition coefficient (Wildman–Crippen LogP) is 2.23. The molecular formula is C16H11NO4. The lowest BCUT2D eigenvalue weighted by Gasteiger charge is -2.10. The number of nitrogens with zero attached hydrogens (tertiary/aromatic N) is 1. The van der Waals surface area contributed by atoms with Gasteiger partial charge in [-0.1, -0.05) is 36.4 Å². The van der Waals surface area contributed by atoms with Gasteiger partial charge in [0.25, 0.3) is 11.5 Å². The molecule has 0 amide bonds. The van der Waals surface area contributed by atoms with E-state index in [0.717, 1.165) is 4.57 Å². The summed E-state index contributed by atoms with van der Waals surface area (Å²) in [5.41, 5.74) is -0.345. The number of allylic oxidation sites excluding steroid dienone is 4. The van der Waals surface area contributed by atoms with Crippen molar-refractivity contribution in [3.63, 3.8) is 0 Å². The third-order valence-electron chi connectivity index (χ3n) is 3.39. The first-order valence-corrected chi connectivity index (χ1v) is 6.38. The van der Waals surface area contributed by atoms with E-state index < -0.39 is 23.0 Å². The monoisotopic (exact) mass is 281 g/mol. The molecule has 3 rings (SSSR count). The van der Waals surface area contributed by atoms with E-state index in [1.165, 1.54) is 6.07 Å². The van der Waals surface area contributed by atoms with Crippen LogP contribution in [0.15, 0.2) is 58.9 Å². The van der Waals surface area contributed by atoms with Gasteiger partial charge in [-0.25, -0.2) is 9.36 Å². The summed E-state index contributed by atoms with van der Waals surface area (Å²) < 4.78 is 0.942. The van der Waals surface area contributed by atoms with Crippen LogP contribution in [0.4, 0.5) is 0 Å². The molecule has 1 aromatic heterocycles. The van der Waals surface area contributed by atoms with Crippen molar-refractivity contribution >= 4 is 22.8 Å². The third kappa shape index (κ3) is 2.08. The molecule has 0 saturated heterocycles. The van der Waals surface area contributed by atoms with Crippen molar-refractivity contribution in [2.45, 2.75) is 6.42 Å². The van der Waals surface area contributed by atoms with E-state index in [1.54, 1.807) is 36.4 Å². The molecule has 0 atom stereocenters. The van der Waals surface area contributed by atoms with E-state index >= 15 is 0 Å². The van der Waals surface area contributed by atoms with Crippen molar-refractivity contribution in [3.8, 4) is 0 Å². The number of hydrogen-bond acceptors (Lipinski definition) is 3. The molecule has 1 N–H and O–H groups in total. The van der Waals surface area contributed by atoms with Gasteiger partial charge in [-0.3, -0.25) is 9.59 Å². The lowest BCUT2D eigenvalue weighted by Crippen LogP contribution is -2.32. The average Bonchev–Trinajstić information content (AvgIpc) is 3.00. The highest BCUT2D eigenvalue weighted by molar-refractivity contribution is 6.03. The summed E-state index contributed by atoms with van der Waals surface area (Å²) in [6.07, 6.45) is 5.62. The molecule has 0 bridgehead atoms. The molecule has 0 fully saturated rings. The van der Waals surface area contributed by atoms with Crippen LogP contribution >= 0.6 is 0 Å². The Bertz CT molecular complexity index is 887. The topological polar surface area (TPSA) is 76.4 Å². The molecule has 104 valence electrons. The number of carbonyl (C=O) groups is 2. The van der Waals surface area contributed by atoms with E-state index in [1.807, 2.05) is 6.08 Å². The Morgan fingerprint density at radius 1 is 1.19 bits per heavy atom. The van der Waals surface area contributed by atoms with E-state index in [4.69, 9.17) is 5.11 Å². The fourth-order valence-corrected chi connectivity index (χ4v) is 2.36. The summed E-state index contributed by atoms with van der Waals surface area (Å²) in [6.45, 7) is 0. The fourth-order valence-electron chi connectivity index (χ4n) is 2.36. The van der Waals surface area contributed by atoms with Gasteiger partial charge in [-0.15, -0.1) is 0 Å². The van der Waals surface area contributed by atoms with Gasteiger partial charge in [-0.2, -0.15) is 0 Å². The summed E-state index contributed by atoms with van der Waals surface area (Å²) in [5.74, 6) is -1.82. The number of carboxylic acids is 1. The van der Waals surface area contributed by atoms with Crippen LogP contribution in [-0.4, -0.2) is 21.6 Å². The van der Waals surface area contributed by atoms with Crippen LogP contribution in [0.25, 0.3) is 10.9 Å². The van der Waals surface area contributed by atoms with Crippen LogP contribution in [0, 0.1) is 0 Å². The number of hydrogen-bond donors (Lipinski definition) is 1. The van der Waals surface area contributed by atoms with Crippen molar-refractivity contribution in [3.05, 3.63) is 70.1 Å². The number of carbonyl (C=O) groups excluding carboxylic acids is 1. The second-order valence-electron chi connectivity index (χ2n) is 4.69. The smallest absolute Gasteiger partial charge is 0.341 e. The summed E-state index contributed by atoms with van der Waals surface area (Å²) in [4.78, 5) is 36.1. The van der Waals surface area contributed by atoms with Gasteiger partial charge in [0.2, 0.25) is 0 Å². The van der Waals surface area contributed by atoms with Gasteiger partial charge in [0.15, 0.2) is 0 Å². The summed E-state index contributed by atoms with van der Waals surface area (Å²) in [5, 5.41) is 9.68. The molecule has 1 heterocycles. The van der Waals surface area contributed by atoms with Gasteiger partial charge >= 0.3 is 5.97 Å². The zero-order valence-corrected chi connectivity index (χ0v) is 10.9. The Hall–Kier alpha value is -2.95. The third-order valence-corrected chi connectivity index (χ3v) is 3.39. The molecule has 0 aliphatic heterocycles. The van der Waals surface area contributed by atoms with Crippen molar-refractivity contribution in [2.24, 2.45) is 0 Å². The number of benzene rings is 1. The summed E-state index contributed by atoms with van der Waals surface area (Å²) >= 11 is 0. The number of rotatable bonds is 2. The van der Waals surface area contributed by atoms with Gasteiger partial charge in [0.1, 0.15) is 5.56 Å². The highest BCUT2D eigenvalue weighted by Gasteiger charge is 2.21. The minimum atomic E-state index is -1.34. The summed E-state index contributed by atoms with van der Waals surface area (Å²) in [7, 11) is 0. The summed E-state index contributed by atoms with van der Waals surface area (Å²) in [6, 6.07) is 8.03. The highest BCUT2D eigenvalue weighted by Crippen LogP contribution is 2.18. The number of fused-ring (bicyclic) bond motifs is 1.